The third kappa shape index (κ3) is 4.16. The van der Waals surface area contributed by atoms with E-state index < -0.39 is 5.60 Å². The zero-order valence-corrected chi connectivity index (χ0v) is 11.3. The van der Waals surface area contributed by atoms with Gasteiger partial charge in [-0.15, -0.1) is 0 Å². The molecule has 1 saturated carbocycles. The first-order valence-corrected chi connectivity index (χ1v) is 7.52. The molecule has 0 aromatic rings. The van der Waals surface area contributed by atoms with Gasteiger partial charge in [0.2, 0.25) is 5.91 Å². The van der Waals surface area contributed by atoms with E-state index in [1.807, 2.05) is 18.8 Å². The maximum atomic E-state index is 11.7. The Kier molecular flexibility index (Phi) is 4.33. The summed E-state index contributed by atoms with van der Waals surface area (Å²) in [6.07, 6.45) is 4.00. The van der Waals surface area contributed by atoms with Gasteiger partial charge in [-0.2, -0.15) is 11.8 Å². The van der Waals surface area contributed by atoms with Crippen molar-refractivity contribution >= 4 is 17.7 Å². The van der Waals surface area contributed by atoms with Crippen LogP contribution in [0.15, 0.2) is 0 Å². The van der Waals surface area contributed by atoms with Gasteiger partial charge >= 0.3 is 0 Å². The predicted molar refractivity (Wildman–Crippen MR) is 70.2 cm³/mol. The molecule has 1 aliphatic heterocycles. The highest BCUT2D eigenvalue weighted by Crippen LogP contribution is 2.26. The molecule has 4 nitrogen and oxygen atoms in total. The molecule has 2 aliphatic rings. The first-order chi connectivity index (χ1) is 8.09. The fraction of sp³-hybridized carbons (Fsp3) is 0.917. The highest BCUT2D eigenvalue weighted by Gasteiger charge is 2.31. The molecule has 0 radical (unpaired) electrons. The second-order valence-corrected chi connectivity index (χ2v) is 6.48. The van der Waals surface area contributed by atoms with Crippen LogP contribution in [0.4, 0.5) is 0 Å². The third-order valence-electron chi connectivity index (χ3n) is 3.60. The van der Waals surface area contributed by atoms with Crippen LogP contribution in [0, 0.1) is 0 Å². The number of rotatable bonds is 5. The molecule has 0 atom stereocenters. The monoisotopic (exact) mass is 258 g/mol. The van der Waals surface area contributed by atoms with E-state index in [2.05, 4.69) is 10.2 Å². The summed E-state index contributed by atoms with van der Waals surface area (Å²) in [5.74, 6) is 2.02. The van der Waals surface area contributed by atoms with Crippen molar-refractivity contribution in [1.82, 2.24) is 10.2 Å². The molecule has 0 bridgehead atoms. The number of aliphatic hydroxyl groups is 1. The van der Waals surface area contributed by atoms with Crippen LogP contribution in [0.3, 0.4) is 0 Å². The Labute approximate surface area is 107 Å². The molecule has 1 aliphatic carbocycles. The molecule has 1 amide bonds. The number of hydrogen-bond donors (Lipinski definition) is 2. The summed E-state index contributed by atoms with van der Waals surface area (Å²) in [5, 5.41) is 13.1. The Hall–Kier alpha value is -0.260. The molecule has 1 heterocycles. The number of thioether (sulfide) groups is 1. The lowest BCUT2D eigenvalue weighted by molar-refractivity contribution is -0.123. The summed E-state index contributed by atoms with van der Waals surface area (Å²) in [5.41, 5.74) is -0.668. The first-order valence-electron chi connectivity index (χ1n) is 6.36. The molecule has 0 unspecified atom stereocenters. The van der Waals surface area contributed by atoms with Crippen molar-refractivity contribution in [2.24, 2.45) is 0 Å². The van der Waals surface area contributed by atoms with E-state index in [1.54, 1.807) is 0 Å². The average Bonchev–Trinajstić information content (AvgIpc) is 3.11. The highest BCUT2D eigenvalue weighted by atomic mass is 32.2. The van der Waals surface area contributed by atoms with Gasteiger partial charge in [-0.05, 0) is 44.2 Å². The van der Waals surface area contributed by atoms with Crippen LogP contribution < -0.4 is 5.32 Å². The first kappa shape index (κ1) is 13.2. The van der Waals surface area contributed by atoms with Gasteiger partial charge in [-0.1, -0.05) is 0 Å². The van der Waals surface area contributed by atoms with Crippen molar-refractivity contribution in [3.05, 3.63) is 0 Å². The molecule has 2 rings (SSSR count). The minimum Gasteiger partial charge on any atom is -0.388 e. The van der Waals surface area contributed by atoms with Crippen molar-refractivity contribution in [2.45, 2.75) is 37.3 Å². The van der Waals surface area contributed by atoms with Crippen LogP contribution >= 0.6 is 11.8 Å². The molecule has 2 N–H and O–H groups in total. The smallest absolute Gasteiger partial charge is 0.234 e. The Bertz CT molecular complexity index is 276. The Morgan fingerprint density at radius 1 is 1.47 bits per heavy atom. The van der Waals surface area contributed by atoms with Gasteiger partial charge in [-0.25, -0.2) is 0 Å². The summed E-state index contributed by atoms with van der Waals surface area (Å²) in [4.78, 5) is 13.8. The van der Waals surface area contributed by atoms with Crippen LogP contribution in [0.25, 0.3) is 0 Å². The molecule has 2 fully saturated rings. The SMILES string of the molecule is CN(CC(=O)NCC1(O)CCSCC1)C1CC1. The Morgan fingerprint density at radius 3 is 2.71 bits per heavy atom. The van der Waals surface area contributed by atoms with E-state index >= 15 is 0 Å². The molecular formula is C12H22N2O2S. The number of amides is 1. The van der Waals surface area contributed by atoms with Crippen molar-refractivity contribution < 1.29 is 9.90 Å². The van der Waals surface area contributed by atoms with Crippen LogP contribution in [-0.2, 0) is 4.79 Å². The Balaban J connectivity index is 1.67. The number of nitrogens with zero attached hydrogens (tertiary/aromatic N) is 1. The van der Waals surface area contributed by atoms with E-state index in [4.69, 9.17) is 0 Å². The second-order valence-electron chi connectivity index (χ2n) is 5.26. The van der Waals surface area contributed by atoms with Crippen LogP contribution in [0.1, 0.15) is 25.7 Å². The maximum Gasteiger partial charge on any atom is 0.234 e. The second kappa shape index (κ2) is 5.59. The van der Waals surface area contributed by atoms with E-state index in [-0.39, 0.29) is 5.91 Å². The summed E-state index contributed by atoms with van der Waals surface area (Å²) < 4.78 is 0. The molecule has 0 aromatic carbocycles. The van der Waals surface area contributed by atoms with E-state index in [1.165, 1.54) is 12.8 Å². The summed E-state index contributed by atoms with van der Waals surface area (Å²) >= 11 is 1.87. The zero-order valence-electron chi connectivity index (χ0n) is 10.4. The number of hydrogen-bond acceptors (Lipinski definition) is 4. The fourth-order valence-corrected chi connectivity index (χ4v) is 3.37. The minimum atomic E-state index is -0.668. The van der Waals surface area contributed by atoms with Gasteiger partial charge in [0.25, 0.3) is 0 Å². The lowest BCUT2D eigenvalue weighted by Gasteiger charge is -2.32. The molecule has 0 aromatic heterocycles. The van der Waals surface area contributed by atoms with Crippen molar-refractivity contribution in [2.75, 3.05) is 31.6 Å². The molecule has 17 heavy (non-hydrogen) atoms. The standard InChI is InChI=1S/C12H22N2O2S/c1-14(10-2-3-10)8-11(15)13-9-12(16)4-6-17-7-5-12/h10,16H,2-9H2,1H3,(H,13,15). The number of carbonyl (C=O) groups excluding carboxylic acids is 1. The van der Waals surface area contributed by atoms with Gasteiger partial charge in [0, 0.05) is 12.6 Å². The minimum absolute atomic E-state index is 0.0334. The molecule has 0 spiro atoms. The number of nitrogens with one attached hydrogen (secondary N) is 1. The van der Waals surface area contributed by atoms with Crippen molar-refractivity contribution in [3.63, 3.8) is 0 Å². The van der Waals surface area contributed by atoms with Gasteiger partial charge in [-0.3, -0.25) is 9.69 Å². The van der Waals surface area contributed by atoms with Gasteiger partial charge < -0.3 is 10.4 Å². The van der Waals surface area contributed by atoms with E-state index in [9.17, 15) is 9.90 Å². The van der Waals surface area contributed by atoms with Gasteiger partial charge in [0.15, 0.2) is 0 Å². The largest absolute Gasteiger partial charge is 0.388 e. The van der Waals surface area contributed by atoms with Crippen molar-refractivity contribution in [3.8, 4) is 0 Å². The summed E-state index contributed by atoms with van der Waals surface area (Å²) in [7, 11) is 1.99. The van der Waals surface area contributed by atoms with Crippen LogP contribution in [0.5, 0.6) is 0 Å². The molecular weight excluding hydrogens is 236 g/mol. The molecule has 98 valence electrons. The maximum absolute atomic E-state index is 11.7. The predicted octanol–water partition coefficient (Wildman–Crippen LogP) is 0.455. The lowest BCUT2D eigenvalue weighted by Crippen LogP contribution is -2.47. The molecule has 1 saturated heterocycles. The molecule has 5 heteroatoms. The van der Waals surface area contributed by atoms with E-state index in [0.29, 0.717) is 19.1 Å². The third-order valence-corrected chi connectivity index (χ3v) is 4.59. The van der Waals surface area contributed by atoms with E-state index in [0.717, 1.165) is 24.3 Å². The quantitative estimate of drug-likeness (QED) is 0.752. The number of carbonyl (C=O) groups is 1. The van der Waals surface area contributed by atoms with Gasteiger partial charge in [0.05, 0.1) is 12.1 Å². The normalized spacial score (nSPS) is 23.7. The highest BCUT2D eigenvalue weighted by molar-refractivity contribution is 7.99. The fourth-order valence-electron chi connectivity index (χ4n) is 2.12. The topological polar surface area (TPSA) is 52.6 Å². The van der Waals surface area contributed by atoms with Crippen LogP contribution in [-0.4, -0.2) is 59.2 Å². The number of likely N-dealkylation sites (N-methyl/N-ethyl adjacent to an activating group) is 1. The summed E-state index contributed by atoms with van der Waals surface area (Å²) in [6, 6.07) is 0.606. The zero-order chi connectivity index (χ0) is 12.3. The summed E-state index contributed by atoms with van der Waals surface area (Å²) in [6.45, 7) is 0.862. The van der Waals surface area contributed by atoms with Gasteiger partial charge in [0.1, 0.15) is 0 Å². The van der Waals surface area contributed by atoms with Crippen LogP contribution in [0.2, 0.25) is 0 Å². The lowest BCUT2D eigenvalue weighted by atomic mass is 9.97. The van der Waals surface area contributed by atoms with Crippen molar-refractivity contribution in [1.29, 1.82) is 0 Å². The average molecular weight is 258 g/mol. The Morgan fingerprint density at radius 2 is 2.12 bits per heavy atom.